The molecule has 0 spiro atoms. The lowest BCUT2D eigenvalue weighted by Crippen LogP contribution is -2.24. The van der Waals surface area contributed by atoms with Crippen LogP contribution >= 0.6 is 0 Å². The minimum atomic E-state index is -0.598. The molecule has 0 radical (unpaired) electrons. The predicted molar refractivity (Wildman–Crippen MR) is 103 cm³/mol. The van der Waals surface area contributed by atoms with Gasteiger partial charge in [-0.15, -0.1) is 0 Å². The number of ether oxygens (including phenoxy) is 1. The number of carbonyl (C=O) groups excluding carboxylic acids is 3. The lowest BCUT2D eigenvalue weighted by Gasteiger charge is -2.16. The maximum atomic E-state index is 12.3. The molecular formula is C21H22N2O4. The standard InChI is InChI=1S/C21H22N2O4/c1-14-9-15(2)11-17(10-14)22-19(24)13-27-21(26)16-5-3-6-18(12-16)23-8-4-7-20(23)25/h3,5-6,9-12H,4,7-8,13H2,1-2H3,(H,22,24). The molecule has 0 saturated carbocycles. The van der Waals surface area contributed by atoms with Gasteiger partial charge in [0.2, 0.25) is 5.91 Å². The summed E-state index contributed by atoms with van der Waals surface area (Å²) >= 11 is 0. The van der Waals surface area contributed by atoms with Crippen LogP contribution in [0.25, 0.3) is 0 Å². The van der Waals surface area contributed by atoms with E-state index < -0.39 is 11.9 Å². The van der Waals surface area contributed by atoms with E-state index in [1.165, 1.54) is 0 Å². The molecule has 2 amide bonds. The summed E-state index contributed by atoms with van der Waals surface area (Å²) in [5, 5.41) is 2.72. The minimum absolute atomic E-state index is 0.0494. The minimum Gasteiger partial charge on any atom is -0.452 e. The van der Waals surface area contributed by atoms with Crippen LogP contribution in [-0.2, 0) is 14.3 Å². The molecule has 27 heavy (non-hydrogen) atoms. The van der Waals surface area contributed by atoms with Crippen molar-refractivity contribution < 1.29 is 19.1 Å². The maximum absolute atomic E-state index is 12.3. The second-order valence-corrected chi connectivity index (χ2v) is 6.70. The number of esters is 1. The van der Waals surface area contributed by atoms with Crippen LogP contribution in [0, 0.1) is 13.8 Å². The highest BCUT2D eigenvalue weighted by Crippen LogP contribution is 2.22. The second kappa shape index (κ2) is 8.03. The molecule has 0 unspecified atom stereocenters. The van der Waals surface area contributed by atoms with E-state index in [4.69, 9.17) is 4.74 Å². The van der Waals surface area contributed by atoms with Gasteiger partial charge in [-0.25, -0.2) is 4.79 Å². The summed E-state index contributed by atoms with van der Waals surface area (Å²) in [7, 11) is 0. The summed E-state index contributed by atoms with van der Waals surface area (Å²) in [5.74, 6) is -0.952. The molecule has 1 aliphatic heterocycles. The number of anilines is 2. The fourth-order valence-electron chi connectivity index (χ4n) is 3.18. The van der Waals surface area contributed by atoms with E-state index in [-0.39, 0.29) is 12.5 Å². The molecule has 6 heteroatoms. The molecule has 2 aromatic carbocycles. The molecule has 2 aromatic rings. The van der Waals surface area contributed by atoms with Gasteiger partial charge < -0.3 is 15.0 Å². The Labute approximate surface area is 158 Å². The molecule has 0 bridgehead atoms. The van der Waals surface area contributed by atoms with E-state index >= 15 is 0 Å². The number of benzene rings is 2. The smallest absolute Gasteiger partial charge is 0.338 e. The lowest BCUT2D eigenvalue weighted by atomic mass is 10.1. The van der Waals surface area contributed by atoms with E-state index in [1.807, 2.05) is 32.0 Å². The van der Waals surface area contributed by atoms with Crippen LogP contribution in [0.15, 0.2) is 42.5 Å². The average Bonchev–Trinajstić information content (AvgIpc) is 3.05. The Morgan fingerprint density at radius 2 is 1.85 bits per heavy atom. The molecule has 140 valence electrons. The monoisotopic (exact) mass is 366 g/mol. The average molecular weight is 366 g/mol. The Morgan fingerprint density at radius 3 is 2.52 bits per heavy atom. The van der Waals surface area contributed by atoms with Gasteiger partial charge in [0.05, 0.1) is 5.56 Å². The largest absolute Gasteiger partial charge is 0.452 e. The Bertz CT molecular complexity index is 871. The summed E-state index contributed by atoms with van der Waals surface area (Å²) in [6.07, 6.45) is 1.33. The zero-order valence-corrected chi connectivity index (χ0v) is 15.5. The third-order valence-corrected chi connectivity index (χ3v) is 4.31. The van der Waals surface area contributed by atoms with Crippen molar-refractivity contribution in [1.29, 1.82) is 0 Å². The van der Waals surface area contributed by atoms with Crippen molar-refractivity contribution in [2.45, 2.75) is 26.7 Å². The molecule has 1 fully saturated rings. The normalized spacial score (nSPS) is 13.6. The molecule has 0 atom stereocenters. The quantitative estimate of drug-likeness (QED) is 0.825. The number of nitrogens with zero attached hydrogens (tertiary/aromatic N) is 1. The van der Waals surface area contributed by atoms with Crippen molar-refractivity contribution in [3.63, 3.8) is 0 Å². The van der Waals surface area contributed by atoms with Crippen molar-refractivity contribution in [2.24, 2.45) is 0 Å². The van der Waals surface area contributed by atoms with E-state index in [1.54, 1.807) is 29.2 Å². The number of amides is 2. The van der Waals surface area contributed by atoms with Gasteiger partial charge in [0.15, 0.2) is 6.61 Å². The number of hydrogen-bond acceptors (Lipinski definition) is 4. The van der Waals surface area contributed by atoms with Crippen LogP contribution in [0.5, 0.6) is 0 Å². The van der Waals surface area contributed by atoms with Crippen LogP contribution in [0.2, 0.25) is 0 Å². The van der Waals surface area contributed by atoms with Crippen molar-refractivity contribution in [3.8, 4) is 0 Å². The molecule has 3 rings (SSSR count). The first-order valence-electron chi connectivity index (χ1n) is 8.88. The molecule has 1 N–H and O–H groups in total. The number of nitrogens with one attached hydrogen (secondary N) is 1. The molecule has 1 saturated heterocycles. The van der Waals surface area contributed by atoms with Crippen molar-refractivity contribution in [2.75, 3.05) is 23.4 Å². The highest BCUT2D eigenvalue weighted by Gasteiger charge is 2.22. The fraction of sp³-hybridized carbons (Fsp3) is 0.286. The van der Waals surface area contributed by atoms with Crippen LogP contribution in [0.1, 0.15) is 34.3 Å². The summed E-state index contributed by atoms with van der Waals surface area (Å²) in [4.78, 5) is 37.8. The van der Waals surface area contributed by atoms with Gasteiger partial charge in [-0.2, -0.15) is 0 Å². The molecule has 6 nitrogen and oxygen atoms in total. The van der Waals surface area contributed by atoms with Gasteiger partial charge in [-0.3, -0.25) is 9.59 Å². The van der Waals surface area contributed by atoms with Gasteiger partial charge in [-0.1, -0.05) is 12.1 Å². The highest BCUT2D eigenvalue weighted by molar-refractivity contribution is 5.98. The van der Waals surface area contributed by atoms with Crippen molar-refractivity contribution in [1.82, 2.24) is 0 Å². The van der Waals surface area contributed by atoms with Gasteiger partial charge in [0.25, 0.3) is 5.91 Å². The highest BCUT2D eigenvalue weighted by atomic mass is 16.5. The second-order valence-electron chi connectivity index (χ2n) is 6.70. The Balaban J connectivity index is 1.59. The zero-order chi connectivity index (χ0) is 19.4. The van der Waals surface area contributed by atoms with Crippen molar-refractivity contribution in [3.05, 3.63) is 59.2 Å². The van der Waals surface area contributed by atoms with Gasteiger partial charge in [-0.05, 0) is 61.7 Å². The van der Waals surface area contributed by atoms with Gasteiger partial charge in [0, 0.05) is 24.3 Å². The summed E-state index contributed by atoms with van der Waals surface area (Å²) in [6.45, 7) is 4.16. The lowest BCUT2D eigenvalue weighted by molar-refractivity contribution is -0.119. The first kappa shape index (κ1) is 18.6. The Morgan fingerprint density at radius 1 is 1.11 bits per heavy atom. The van der Waals surface area contributed by atoms with Crippen molar-refractivity contribution >= 4 is 29.2 Å². The van der Waals surface area contributed by atoms with E-state index in [2.05, 4.69) is 5.32 Å². The predicted octanol–water partition coefficient (Wildman–Crippen LogP) is 3.23. The van der Waals surface area contributed by atoms with Crippen LogP contribution in [0.3, 0.4) is 0 Å². The number of rotatable bonds is 5. The van der Waals surface area contributed by atoms with Gasteiger partial charge in [0.1, 0.15) is 0 Å². The molecule has 0 aromatic heterocycles. The van der Waals surface area contributed by atoms with Crippen LogP contribution in [0.4, 0.5) is 11.4 Å². The fourth-order valence-corrected chi connectivity index (χ4v) is 3.18. The number of hydrogen-bond donors (Lipinski definition) is 1. The Hall–Kier alpha value is -3.15. The SMILES string of the molecule is Cc1cc(C)cc(NC(=O)COC(=O)c2cccc(N3CCCC3=O)c2)c1. The molecule has 0 aliphatic carbocycles. The van der Waals surface area contributed by atoms with E-state index in [0.717, 1.165) is 17.5 Å². The third-order valence-electron chi connectivity index (χ3n) is 4.31. The topological polar surface area (TPSA) is 75.7 Å². The maximum Gasteiger partial charge on any atom is 0.338 e. The summed E-state index contributed by atoms with van der Waals surface area (Å²) in [6, 6.07) is 12.4. The molecular weight excluding hydrogens is 344 g/mol. The number of aryl methyl sites for hydroxylation is 2. The van der Waals surface area contributed by atoms with Crippen LogP contribution in [-0.4, -0.2) is 30.9 Å². The molecule has 1 aliphatic rings. The van der Waals surface area contributed by atoms with Gasteiger partial charge >= 0.3 is 5.97 Å². The Kier molecular flexibility index (Phi) is 5.54. The molecule has 1 heterocycles. The first-order valence-corrected chi connectivity index (χ1v) is 8.88. The first-order chi connectivity index (χ1) is 12.9. The summed E-state index contributed by atoms with van der Waals surface area (Å²) in [5.41, 5.74) is 3.73. The third kappa shape index (κ3) is 4.73. The summed E-state index contributed by atoms with van der Waals surface area (Å²) < 4.78 is 5.11. The van der Waals surface area contributed by atoms with E-state index in [9.17, 15) is 14.4 Å². The number of carbonyl (C=O) groups is 3. The van der Waals surface area contributed by atoms with E-state index in [0.29, 0.717) is 29.9 Å². The van der Waals surface area contributed by atoms with Crippen LogP contribution < -0.4 is 10.2 Å². The zero-order valence-electron chi connectivity index (χ0n) is 15.5.